The number of carbonyl (C=O) groups excluding carboxylic acids is 1. The van der Waals surface area contributed by atoms with Gasteiger partial charge in [0.05, 0.1) is 19.4 Å². The minimum absolute atomic E-state index is 0.0801. The van der Waals surface area contributed by atoms with Gasteiger partial charge in [-0.2, -0.15) is 5.10 Å². The van der Waals surface area contributed by atoms with Crippen molar-refractivity contribution >= 4 is 21.7 Å². The fourth-order valence-electron chi connectivity index (χ4n) is 2.05. The van der Waals surface area contributed by atoms with Crippen LogP contribution in [0, 0.1) is 0 Å². The second-order valence-electron chi connectivity index (χ2n) is 5.00. The SMILES string of the molecule is COC(=O)CCCS(=O)(=O)Nc1cccc(Cn2cccn2)c1. The van der Waals surface area contributed by atoms with Crippen molar-refractivity contribution < 1.29 is 17.9 Å². The summed E-state index contributed by atoms with van der Waals surface area (Å²) in [6, 6.07) is 8.96. The van der Waals surface area contributed by atoms with E-state index < -0.39 is 16.0 Å². The van der Waals surface area contributed by atoms with Crippen molar-refractivity contribution in [2.45, 2.75) is 19.4 Å². The third kappa shape index (κ3) is 5.74. The summed E-state index contributed by atoms with van der Waals surface area (Å²) in [7, 11) is -2.22. The van der Waals surface area contributed by atoms with E-state index in [1.165, 1.54) is 7.11 Å². The number of carbonyl (C=O) groups is 1. The summed E-state index contributed by atoms with van der Waals surface area (Å²) >= 11 is 0. The summed E-state index contributed by atoms with van der Waals surface area (Å²) in [6.45, 7) is 0.560. The standard InChI is InChI=1S/C15H19N3O4S/c1-22-15(19)7-3-10-23(20,21)17-14-6-2-5-13(11-14)12-18-9-4-8-16-18/h2,4-6,8-9,11,17H,3,7,10,12H2,1H3. The molecular weight excluding hydrogens is 318 g/mol. The number of ether oxygens (including phenoxy) is 1. The van der Waals surface area contributed by atoms with Crippen LogP contribution in [-0.4, -0.2) is 37.0 Å². The molecule has 0 aliphatic carbocycles. The van der Waals surface area contributed by atoms with Gasteiger partial charge in [0.25, 0.3) is 0 Å². The van der Waals surface area contributed by atoms with Crippen molar-refractivity contribution in [1.29, 1.82) is 0 Å². The van der Waals surface area contributed by atoms with E-state index in [9.17, 15) is 13.2 Å². The highest BCUT2D eigenvalue weighted by Gasteiger charge is 2.12. The lowest BCUT2D eigenvalue weighted by Gasteiger charge is -2.09. The van der Waals surface area contributed by atoms with E-state index in [4.69, 9.17) is 0 Å². The van der Waals surface area contributed by atoms with Crippen LogP contribution < -0.4 is 4.72 Å². The number of esters is 1. The van der Waals surface area contributed by atoms with Crippen LogP contribution >= 0.6 is 0 Å². The predicted molar refractivity (Wildman–Crippen MR) is 86.4 cm³/mol. The first-order valence-corrected chi connectivity index (χ1v) is 8.77. The van der Waals surface area contributed by atoms with E-state index in [1.807, 2.05) is 18.3 Å². The van der Waals surface area contributed by atoms with Gasteiger partial charge in [-0.05, 0) is 30.2 Å². The van der Waals surface area contributed by atoms with Gasteiger partial charge in [0, 0.05) is 24.5 Å². The van der Waals surface area contributed by atoms with Gasteiger partial charge in [-0.3, -0.25) is 14.2 Å². The van der Waals surface area contributed by atoms with Crippen molar-refractivity contribution in [1.82, 2.24) is 9.78 Å². The summed E-state index contributed by atoms with van der Waals surface area (Å²) in [4.78, 5) is 11.0. The lowest BCUT2D eigenvalue weighted by atomic mass is 10.2. The zero-order chi connectivity index (χ0) is 16.7. The Balaban J connectivity index is 1.95. The normalized spacial score (nSPS) is 11.2. The van der Waals surface area contributed by atoms with Crippen LogP contribution in [0.15, 0.2) is 42.7 Å². The van der Waals surface area contributed by atoms with Gasteiger partial charge in [0.2, 0.25) is 10.0 Å². The van der Waals surface area contributed by atoms with Crippen LogP contribution in [0.4, 0.5) is 5.69 Å². The van der Waals surface area contributed by atoms with Crippen molar-refractivity contribution in [2.24, 2.45) is 0 Å². The fraction of sp³-hybridized carbons (Fsp3) is 0.333. The molecule has 1 heterocycles. The van der Waals surface area contributed by atoms with Crippen LogP contribution in [0.5, 0.6) is 0 Å². The number of hydrogen-bond acceptors (Lipinski definition) is 5. The van der Waals surface area contributed by atoms with E-state index >= 15 is 0 Å². The molecule has 0 aliphatic rings. The number of methoxy groups -OCH3 is 1. The first-order chi connectivity index (χ1) is 11.0. The first-order valence-electron chi connectivity index (χ1n) is 7.12. The van der Waals surface area contributed by atoms with Gasteiger partial charge in [-0.25, -0.2) is 8.42 Å². The van der Waals surface area contributed by atoms with Crippen LogP contribution in [0.2, 0.25) is 0 Å². The van der Waals surface area contributed by atoms with Gasteiger partial charge < -0.3 is 4.74 Å². The maximum Gasteiger partial charge on any atom is 0.305 e. The van der Waals surface area contributed by atoms with Crippen molar-refractivity contribution in [3.63, 3.8) is 0 Å². The highest BCUT2D eigenvalue weighted by atomic mass is 32.2. The highest BCUT2D eigenvalue weighted by Crippen LogP contribution is 2.14. The third-order valence-corrected chi connectivity index (χ3v) is 4.50. The van der Waals surface area contributed by atoms with E-state index in [0.717, 1.165) is 5.56 Å². The molecule has 1 aromatic heterocycles. The summed E-state index contributed by atoms with van der Waals surface area (Å²) in [5.74, 6) is -0.549. The Kier molecular flexibility index (Phi) is 5.75. The van der Waals surface area contributed by atoms with Crippen LogP contribution in [0.3, 0.4) is 0 Å². The Bertz CT molecular complexity index is 742. The number of hydrogen-bond donors (Lipinski definition) is 1. The van der Waals surface area contributed by atoms with Gasteiger partial charge in [-0.1, -0.05) is 12.1 Å². The van der Waals surface area contributed by atoms with Crippen LogP contribution in [-0.2, 0) is 26.1 Å². The Morgan fingerprint density at radius 1 is 1.35 bits per heavy atom. The summed E-state index contributed by atoms with van der Waals surface area (Å²) in [5, 5.41) is 4.12. The van der Waals surface area contributed by atoms with E-state index in [-0.39, 0.29) is 18.6 Å². The average molecular weight is 337 g/mol. The molecule has 0 atom stereocenters. The minimum Gasteiger partial charge on any atom is -0.469 e. The third-order valence-electron chi connectivity index (χ3n) is 3.13. The molecular formula is C15H19N3O4S. The fourth-order valence-corrected chi connectivity index (χ4v) is 3.17. The Morgan fingerprint density at radius 2 is 2.17 bits per heavy atom. The van der Waals surface area contributed by atoms with Gasteiger partial charge in [-0.15, -0.1) is 0 Å². The summed E-state index contributed by atoms with van der Waals surface area (Å²) < 4.78 is 32.8. The maximum absolute atomic E-state index is 12.0. The highest BCUT2D eigenvalue weighted by molar-refractivity contribution is 7.92. The lowest BCUT2D eigenvalue weighted by Crippen LogP contribution is -2.17. The van der Waals surface area contributed by atoms with Crippen LogP contribution in [0.1, 0.15) is 18.4 Å². The molecule has 0 unspecified atom stereocenters. The molecule has 1 aromatic carbocycles. The first kappa shape index (κ1) is 17.0. The minimum atomic E-state index is -3.50. The quantitative estimate of drug-likeness (QED) is 0.739. The number of rotatable bonds is 8. The second kappa shape index (κ2) is 7.77. The molecule has 0 aliphatic heterocycles. The Hall–Kier alpha value is -2.35. The molecule has 7 nitrogen and oxygen atoms in total. The Morgan fingerprint density at radius 3 is 2.87 bits per heavy atom. The number of sulfonamides is 1. The molecule has 0 amide bonds. The van der Waals surface area contributed by atoms with Gasteiger partial charge in [0.15, 0.2) is 0 Å². The zero-order valence-corrected chi connectivity index (χ0v) is 13.6. The largest absolute Gasteiger partial charge is 0.469 e. The molecule has 2 aromatic rings. The molecule has 0 radical (unpaired) electrons. The zero-order valence-electron chi connectivity index (χ0n) is 12.8. The molecule has 124 valence electrons. The average Bonchev–Trinajstić information content (AvgIpc) is 2.99. The molecule has 23 heavy (non-hydrogen) atoms. The molecule has 0 fully saturated rings. The van der Waals surface area contributed by atoms with Gasteiger partial charge >= 0.3 is 5.97 Å². The molecule has 0 bridgehead atoms. The van der Waals surface area contributed by atoms with Crippen molar-refractivity contribution in [3.05, 3.63) is 48.3 Å². The Labute approximate surface area is 135 Å². The molecule has 8 heteroatoms. The molecule has 0 saturated heterocycles. The summed E-state index contributed by atoms with van der Waals surface area (Å²) in [5.41, 5.74) is 1.43. The van der Waals surface area contributed by atoms with E-state index in [0.29, 0.717) is 12.2 Å². The van der Waals surface area contributed by atoms with Crippen molar-refractivity contribution in [3.8, 4) is 0 Å². The second-order valence-corrected chi connectivity index (χ2v) is 6.85. The maximum atomic E-state index is 12.0. The van der Waals surface area contributed by atoms with Gasteiger partial charge in [0.1, 0.15) is 0 Å². The van der Waals surface area contributed by atoms with Crippen LogP contribution in [0.25, 0.3) is 0 Å². The molecule has 2 rings (SSSR count). The molecule has 1 N–H and O–H groups in total. The number of nitrogens with zero attached hydrogens (tertiary/aromatic N) is 2. The molecule has 0 saturated carbocycles. The predicted octanol–water partition coefficient (Wildman–Crippen LogP) is 1.63. The number of anilines is 1. The van der Waals surface area contributed by atoms with E-state index in [1.54, 1.807) is 29.1 Å². The number of nitrogens with one attached hydrogen (secondary N) is 1. The van der Waals surface area contributed by atoms with Crippen molar-refractivity contribution in [2.75, 3.05) is 17.6 Å². The monoisotopic (exact) mass is 337 g/mol. The topological polar surface area (TPSA) is 90.3 Å². The van der Waals surface area contributed by atoms with E-state index in [2.05, 4.69) is 14.6 Å². The molecule has 0 spiro atoms. The summed E-state index contributed by atoms with van der Waals surface area (Å²) in [6.07, 6.45) is 3.82. The number of aromatic nitrogens is 2. The number of benzene rings is 1. The smallest absolute Gasteiger partial charge is 0.305 e. The lowest BCUT2D eigenvalue weighted by molar-refractivity contribution is -0.140.